The number of benzene rings is 1. The van der Waals surface area contributed by atoms with Gasteiger partial charge in [-0.15, -0.1) is 0 Å². The van der Waals surface area contributed by atoms with Gasteiger partial charge in [0.25, 0.3) is 0 Å². The highest BCUT2D eigenvalue weighted by atomic mass is 16.5. The van der Waals surface area contributed by atoms with E-state index < -0.39 is 0 Å². The van der Waals surface area contributed by atoms with Crippen molar-refractivity contribution >= 4 is 11.6 Å². The van der Waals surface area contributed by atoms with Gasteiger partial charge in [0.1, 0.15) is 5.75 Å². The van der Waals surface area contributed by atoms with Gasteiger partial charge in [-0.3, -0.25) is 4.79 Å². The van der Waals surface area contributed by atoms with Gasteiger partial charge in [-0.1, -0.05) is 26.3 Å². The summed E-state index contributed by atoms with van der Waals surface area (Å²) in [6.07, 6.45) is 3.18. The van der Waals surface area contributed by atoms with Crippen molar-refractivity contribution in [1.29, 1.82) is 0 Å². The highest BCUT2D eigenvalue weighted by Crippen LogP contribution is 2.19. The summed E-state index contributed by atoms with van der Waals surface area (Å²) in [7, 11) is 0. The summed E-state index contributed by atoms with van der Waals surface area (Å²) in [6.45, 7) is 5.83. The van der Waals surface area contributed by atoms with Gasteiger partial charge < -0.3 is 15.4 Å². The minimum Gasteiger partial charge on any atom is -0.493 e. The molecule has 2 rings (SSSR count). The van der Waals surface area contributed by atoms with E-state index in [1.807, 2.05) is 24.3 Å². The van der Waals surface area contributed by atoms with Crippen LogP contribution < -0.4 is 15.4 Å². The zero-order valence-corrected chi connectivity index (χ0v) is 12.3. The summed E-state index contributed by atoms with van der Waals surface area (Å²) in [5.74, 6) is 1.33. The minimum absolute atomic E-state index is 0.0470. The van der Waals surface area contributed by atoms with E-state index in [-0.39, 0.29) is 11.9 Å². The summed E-state index contributed by atoms with van der Waals surface area (Å²) in [5, 5.41) is 6.21. The van der Waals surface area contributed by atoms with E-state index in [0.29, 0.717) is 12.5 Å². The van der Waals surface area contributed by atoms with Crippen LogP contribution in [0.3, 0.4) is 0 Å². The lowest BCUT2D eigenvalue weighted by Crippen LogP contribution is -2.43. The van der Waals surface area contributed by atoms with Crippen LogP contribution in [0.5, 0.6) is 5.75 Å². The lowest BCUT2D eigenvalue weighted by molar-refractivity contribution is -0.118. The van der Waals surface area contributed by atoms with Crippen LogP contribution in [0.15, 0.2) is 24.3 Å². The molecule has 1 atom stereocenters. The predicted octanol–water partition coefficient (Wildman–Crippen LogP) is 2.80. The van der Waals surface area contributed by atoms with E-state index in [2.05, 4.69) is 24.5 Å². The Morgan fingerprint density at radius 1 is 1.45 bits per heavy atom. The first kappa shape index (κ1) is 14.9. The number of carbonyl (C=O) groups is 1. The maximum Gasteiger partial charge on any atom is 0.241 e. The summed E-state index contributed by atoms with van der Waals surface area (Å²) >= 11 is 0. The van der Waals surface area contributed by atoms with Crippen LogP contribution in [0.4, 0.5) is 5.69 Å². The van der Waals surface area contributed by atoms with E-state index >= 15 is 0 Å². The highest BCUT2D eigenvalue weighted by Gasteiger charge is 2.20. The van der Waals surface area contributed by atoms with Crippen LogP contribution >= 0.6 is 0 Å². The van der Waals surface area contributed by atoms with Crippen LogP contribution in [0, 0.1) is 5.92 Å². The molecule has 110 valence electrons. The Morgan fingerprint density at radius 2 is 2.30 bits per heavy atom. The number of amides is 1. The number of ether oxygens (including phenoxy) is 1. The maximum absolute atomic E-state index is 12.1. The molecule has 1 aromatic rings. The smallest absolute Gasteiger partial charge is 0.241 e. The molecule has 4 heteroatoms. The van der Waals surface area contributed by atoms with Gasteiger partial charge >= 0.3 is 0 Å². The molecule has 1 heterocycles. The molecule has 1 aliphatic rings. The van der Waals surface area contributed by atoms with Gasteiger partial charge in [0, 0.05) is 11.8 Å². The topological polar surface area (TPSA) is 50.4 Å². The van der Waals surface area contributed by atoms with Crippen LogP contribution in [0.2, 0.25) is 0 Å². The fourth-order valence-electron chi connectivity index (χ4n) is 2.23. The highest BCUT2D eigenvalue weighted by molar-refractivity contribution is 5.95. The molecular weight excluding hydrogens is 252 g/mol. The predicted molar refractivity (Wildman–Crippen MR) is 81.0 cm³/mol. The summed E-state index contributed by atoms with van der Waals surface area (Å²) in [5.41, 5.74) is 0.795. The number of hydrogen-bond donors (Lipinski definition) is 2. The van der Waals surface area contributed by atoms with Crippen molar-refractivity contribution < 1.29 is 9.53 Å². The summed E-state index contributed by atoms with van der Waals surface area (Å²) < 4.78 is 5.67. The lowest BCUT2D eigenvalue weighted by atomic mass is 10.0. The number of nitrogens with one attached hydrogen (secondary N) is 2. The van der Waals surface area contributed by atoms with E-state index in [1.165, 1.54) is 0 Å². The molecule has 0 unspecified atom stereocenters. The first-order chi connectivity index (χ1) is 9.65. The normalized spacial score (nSPS) is 18.9. The average Bonchev–Trinajstić information content (AvgIpc) is 2.46. The van der Waals surface area contributed by atoms with Crippen LogP contribution in [0.25, 0.3) is 0 Å². The van der Waals surface area contributed by atoms with Crippen molar-refractivity contribution in [3.8, 4) is 5.75 Å². The fraction of sp³-hybridized carbons (Fsp3) is 0.562. The molecule has 20 heavy (non-hydrogen) atoms. The van der Waals surface area contributed by atoms with Gasteiger partial charge in [-0.25, -0.2) is 0 Å². The number of rotatable bonds is 5. The first-order valence-electron chi connectivity index (χ1n) is 7.42. The third-order valence-electron chi connectivity index (χ3n) is 3.31. The molecule has 1 fully saturated rings. The molecule has 4 nitrogen and oxygen atoms in total. The van der Waals surface area contributed by atoms with Gasteiger partial charge in [-0.05, 0) is 37.4 Å². The molecule has 0 aliphatic carbocycles. The maximum atomic E-state index is 12.1. The molecule has 0 spiro atoms. The van der Waals surface area contributed by atoms with Gasteiger partial charge in [0.2, 0.25) is 5.91 Å². The molecule has 0 saturated carbocycles. The average molecular weight is 276 g/mol. The Balaban J connectivity index is 1.91. The molecule has 1 saturated heterocycles. The first-order valence-corrected chi connectivity index (χ1v) is 7.42. The lowest BCUT2D eigenvalue weighted by Gasteiger charge is -2.22. The Bertz CT molecular complexity index is 440. The summed E-state index contributed by atoms with van der Waals surface area (Å²) in [6, 6.07) is 7.52. The van der Waals surface area contributed by atoms with E-state index in [4.69, 9.17) is 4.74 Å². The second-order valence-corrected chi connectivity index (χ2v) is 5.72. The van der Waals surface area contributed by atoms with Crippen LogP contribution in [-0.2, 0) is 4.79 Å². The molecule has 0 aromatic heterocycles. The molecule has 1 aliphatic heterocycles. The second-order valence-electron chi connectivity index (χ2n) is 5.72. The van der Waals surface area contributed by atoms with Crippen LogP contribution in [-0.4, -0.2) is 25.1 Å². The molecule has 0 bridgehead atoms. The van der Waals surface area contributed by atoms with Crippen molar-refractivity contribution in [2.24, 2.45) is 5.92 Å². The summed E-state index contributed by atoms with van der Waals surface area (Å²) in [4.78, 5) is 12.1. The van der Waals surface area contributed by atoms with E-state index in [1.54, 1.807) is 0 Å². The van der Waals surface area contributed by atoms with Gasteiger partial charge in [-0.2, -0.15) is 0 Å². The fourth-order valence-corrected chi connectivity index (χ4v) is 2.23. The zero-order valence-electron chi connectivity index (χ0n) is 12.3. The van der Waals surface area contributed by atoms with Crippen molar-refractivity contribution in [2.45, 2.75) is 39.2 Å². The molecule has 1 amide bonds. The molecular formula is C16H24N2O2. The van der Waals surface area contributed by atoms with Gasteiger partial charge in [0.05, 0.1) is 12.6 Å². The minimum atomic E-state index is -0.0658. The Hall–Kier alpha value is -1.55. The van der Waals surface area contributed by atoms with E-state index in [0.717, 1.165) is 37.2 Å². The number of hydrogen-bond acceptors (Lipinski definition) is 3. The van der Waals surface area contributed by atoms with Crippen molar-refractivity contribution in [1.82, 2.24) is 5.32 Å². The Morgan fingerprint density at radius 3 is 3.00 bits per heavy atom. The van der Waals surface area contributed by atoms with Crippen molar-refractivity contribution in [2.75, 3.05) is 18.5 Å². The van der Waals surface area contributed by atoms with Crippen molar-refractivity contribution in [3.63, 3.8) is 0 Å². The largest absolute Gasteiger partial charge is 0.493 e. The zero-order chi connectivity index (χ0) is 14.4. The Labute approximate surface area is 120 Å². The third kappa shape index (κ3) is 4.53. The second kappa shape index (κ2) is 7.29. The molecule has 1 aromatic carbocycles. The number of carbonyl (C=O) groups excluding carboxylic acids is 1. The standard InChI is InChI=1S/C16H24N2O2/c1-12(2)11-20-14-7-5-6-13(10-14)18-16(19)15-8-3-4-9-17-15/h5-7,10,12,15,17H,3-4,8-9,11H2,1-2H3,(H,18,19)/t15-/m0/s1. The SMILES string of the molecule is CC(C)COc1cccc(NC(=O)[C@@H]2CCCCN2)c1. The van der Waals surface area contributed by atoms with E-state index in [9.17, 15) is 4.79 Å². The number of piperidine rings is 1. The quantitative estimate of drug-likeness (QED) is 0.869. The number of anilines is 1. The van der Waals surface area contributed by atoms with Gasteiger partial charge in [0.15, 0.2) is 0 Å². The molecule has 2 N–H and O–H groups in total. The Kier molecular flexibility index (Phi) is 5.41. The molecule has 0 radical (unpaired) electrons. The third-order valence-corrected chi connectivity index (χ3v) is 3.31. The monoisotopic (exact) mass is 276 g/mol. The van der Waals surface area contributed by atoms with Crippen LogP contribution in [0.1, 0.15) is 33.1 Å². The van der Waals surface area contributed by atoms with Crippen molar-refractivity contribution in [3.05, 3.63) is 24.3 Å².